The van der Waals surface area contributed by atoms with Crippen LogP contribution in [0.1, 0.15) is 12.8 Å². The van der Waals surface area contributed by atoms with E-state index in [1.165, 1.54) is 6.26 Å². The minimum Gasteiger partial charge on any atom is -0.501 e. The van der Waals surface area contributed by atoms with E-state index in [9.17, 15) is 9.59 Å². The predicted molar refractivity (Wildman–Crippen MR) is 49.8 cm³/mol. The van der Waals surface area contributed by atoms with Gasteiger partial charge in [0.2, 0.25) is 0 Å². The van der Waals surface area contributed by atoms with Crippen molar-refractivity contribution in [2.45, 2.75) is 18.9 Å². The lowest BCUT2D eigenvalue weighted by molar-refractivity contribution is -0.145. The van der Waals surface area contributed by atoms with Crippen molar-refractivity contribution in [1.82, 2.24) is 0 Å². The van der Waals surface area contributed by atoms with Crippen LogP contribution < -0.4 is 5.73 Å². The number of hydrogen-bond donors (Lipinski definition) is 2. The summed E-state index contributed by atoms with van der Waals surface area (Å²) in [7, 11) is 0. The van der Waals surface area contributed by atoms with E-state index >= 15 is 0 Å². The summed E-state index contributed by atoms with van der Waals surface area (Å²) in [5.41, 5.74) is 5.58. The van der Waals surface area contributed by atoms with Gasteiger partial charge in [-0.15, -0.1) is 0 Å². The van der Waals surface area contributed by atoms with E-state index in [-0.39, 0.29) is 6.61 Å². The van der Waals surface area contributed by atoms with Crippen LogP contribution in [0.3, 0.4) is 0 Å². The maximum absolute atomic E-state index is 11.3. The number of carboxylic acid groups (broad SMARTS) is 1. The molecule has 84 valence electrons. The molecule has 0 spiro atoms. The number of carbonyl (C=O) groups excluding carboxylic acids is 1. The number of aliphatic carboxylic acids is 1. The zero-order valence-corrected chi connectivity index (χ0v) is 8.14. The molecule has 15 heavy (non-hydrogen) atoms. The van der Waals surface area contributed by atoms with Gasteiger partial charge in [-0.3, -0.25) is 4.79 Å². The van der Waals surface area contributed by atoms with Crippen LogP contribution in [0.2, 0.25) is 0 Å². The van der Waals surface area contributed by atoms with Crippen LogP contribution in [0.25, 0.3) is 0 Å². The second-order valence-electron chi connectivity index (χ2n) is 3.16. The highest BCUT2D eigenvalue weighted by atomic mass is 16.5. The van der Waals surface area contributed by atoms with Crippen molar-refractivity contribution in [3.05, 3.63) is 11.8 Å². The highest BCUT2D eigenvalue weighted by molar-refractivity contribution is 5.88. The summed E-state index contributed by atoms with van der Waals surface area (Å²) in [6.07, 6.45) is 2.69. The molecule has 1 atom stereocenters. The highest BCUT2D eigenvalue weighted by Crippen LogP contribution is 2.12. The van der Waals surface area contributed by atoms with E-state index in [0.29, 0.717) is 18.6 Å². The van der Waals surface area contributed by atoms with Crippen molar-refractivity contribution in [1.29, 1.82) is 0 Å². The van der Waals surface area contributed by atoms with Crippen LogP contribution in [0.15, 0.2) is 11.8 Å². The first kappa shape index (κ1) is 11.5. The molecule has 0 saturated heterocycles. The average molecular weight is 215 g/mol. The Labute approximate surface area is 86.6 Å². The number of esters is 1. The Hall–Kier alpha value is -1.56. The van der Waals surface area contributed by atoms with Crippen LogP contribution in [0.5, 0.6) is 0 Å². The third kappa shape index (κ3) is 3.59. The molecule has 0 aliphatic carbocycles. The number of rotatable bonds is 4. The molecule has 0 saturated carbocycles. The zero-order chi connectivity index (χ0) is 11.3. The lowest BCUT2D eigenvalue weighted by Gasteiger charge is -2.13. The maximum Gasteiger partial charge on any atom is 0.337 e. The molecule has 0 amide bonds. The van der Waals surface area contributed by atoms with Crippen molar-refractivity contribution in [3.63, 3.8) is 0 Å². The van der Waals surface area contributed by atoms with E-state index in [2.05, 4.69) is 0 Å². The SMILES string of the molecule is NC(COC(=O)C1=COCCC1)C(=O)O. The van der Waals surface area contributed by atoms with Gasteiger partial charge in [0.25, 0.3) is 0 Å². The number of nitrogens with two attached hydrogens (primary N) is 1. The first-order valence-electron chi connectivity index (χ1n) is 4.57. The molecule has 1 rings (SSSR count). The summed E-state index contributed by atoms with van der Waals surface area (Å²) in [5, 5.41) is 8.45. The molecule has 6 heteroatoms. The molecule has 0 radical (unpaired) electrons. The van der Waals surface area contributed by atoms with Crippen molar-refractivity contribution >= 4 is 11.9 Å². The van der Waals surface area contributed by atoms with Crippen LogP contribution in [-0.2, 0) is 19.1 Å². The van der Waals surface area contributed by atoms with Gasteiger partial charge >= 0.3 is 11.9 Å². The van der Waals surface area contributed by atoms with Crippen molar-refractivity contribution in [2.24, 2.45) is 5.73 Å². The fourth-order valence-corrected chi connectivity index (χ4v) is 1.04. The molecule has 6 nitrogen and oxygen atoms in total. The summed E-state index contributed by atoms with van der Waals surface area (Å²) in [6.45, 7) is 0.261. The zero-order valence-electron chi connectivity index (χ0n) is 8.14. The maximum atomic E-state index is 11.3. The topological polar surface area (TPSA) is 98.9 Å². The Bertz CT molecular complexity index is 286. The lowest BCUT2D eigenvalue weighted by Crippen LogP contribution is -2.36. The fourth-order valence-electron chi connectivity index (χ4n) is 1.04. The van der Waals surface area contributed by atoms with Gasteiger partial charge in [0.15, 0.2) is 0 Å². The summed E-state index contributed by atoms with van der Waals surface area (Å²) in [4.78, 5) is 21.6. The molecule has 0 aromatic rings. The Kier molecular flexibility index (Phi) is 4.11. The van der Waals surface area contributed by atoms with Crippen molar-refractivity contribution < 1.29 is 24.2 Å². The summed E-state index contributed by atoms with van der Waals surface area (Å²) < 4.78 is 9.66. The van der Waals surface area contributed by atoms with Crippen LogP contribution in [0.4, 0.5) is 0 Å². The summed E-state index contributed by atoms with van der Waals surface area (Å²) in [5.74, 6) is -1.76. The molecule has 1 aliphatic heterocycles. The first-order chi connectivity index (χ1) is 7.11. The lowest BCUT2D eigenvalue weighted by atomic mass is 10.1. The van der Waals surface area contributed by atoms with Crippen molar-refractivity contribution in [2.75, 3.05) is 13.2 Å². The highest BCUT2D eigenvalue weighted by Gasteiger charge is 2.18. The van der Waals surface area contributed by atoms with Gasteiger partial charge in [-0.25, -0.2) is 4.79 Å². The molecule has 0 fully saturated rings. The average Bonchev–Trinajstić information content (AvgIpc) is 2.26. The molecule has 1 heterocycles. The van der Waals surface area contributed by atoms with E-state index in [4.69, 9.17) is 20.3 Å². The number of ether oxygens (including phenoxy) is 2. The number of carboxylic acids is 1. The Morgan fingerprint density at radius 1 is 1.67 bits per heavy atom. The Morgan fingerprint density at radius 3 is 2.93 bits per heavy atom. The molecule has 0 aromatic heterocycles. The fraction of sp³-hybridized carbons (Fsp3) is 0.556. The minimum absolute atomic E-state index is 0.328. The minimum atomic E-state index is -1.20. The third-order valence-electron chi connectivity index (χ3n) is 1.91. The van der Waals surface area contributed by atoms with Gasteiger partial charge in [0.1, 0.15) is 12.6 Å². The molecule has 1 unspecified atom stereocenters. The van der Waals surface area contributed by atoms with E-state index in [1.807, 2.05) is 0 Å². The number of carbonyl (C=O) groups is 2. The van der Waals surface area contributed by atoms with Gasteiger partial charge in [-0.2, -0.15) is 0 Å². The Balaban J connectivity index is 2.35. The molecule has 3 N–H and O–H groups in total. The number of hydrogen-bond acceptors (Lipinski definition) is 5. The largest absolute Gasteiger partial charge is 0.501 e. The van der Waals surface area contributed by atoms with Gasteiger partial charge in [0.05, 0.1) is 18.4 Å². The molecule has 1 aliphatic rings. The summed E-state index contributed by atoms with van der Waals surface area (Å²) >= 11 is 0. The standard InChI is InChI=1S/C9H13NO5/c10-7(8(11)12)5-15-9(13)6-2-1-3-14-4-6/h4,7H,1-3,5,10H2,(H,11,12). The van der Waals surface area contributed by atoms with Gasteiger partial charge in [0, 0.05) is 0 Å². The van der Waals surface area contributed by atoms with Crippen LogP contribution in [-0.4, -0.2) is 36.3 Å². The van der Waals surface area contributed by atoms with Gasteiger partial charge in [-0.05, 0) is 12.8 Å². The van der Waals surface area contributed by atoms with Crippen molar-refractivity contribution in [3.8, 4) is 0 Å². The van der Waals surface area contributed by atoms with E-state index in [0.717, 1.165) is 6.42 Å². The van der Waals surface area contributed by atoms with E-state index < -0.39 is 18.0 Å². The quantitative estimate of drug-likeness (QED) is 0.621. The third-order valence-corrected chi connectivity index (χ3v) is 1.91. The molecule has 0 aromatic carbocycles. The molecular weight excluding hydrogens is 202 g/mol. The Morgan fingerprint density at radius 2 is 2.40 bits per heavy atom. The second kappa shape index (κ2) is 5.35. The smallest absolute Gasteiger partial charge is 0.337 e. The normalized spacial score (nSPS) is 17.3. The van der Waals surface area contributed by atoms with Gasteiger partial charge in [-0.1, -0.05) is 0 Å². The monoisotopic (exact) mass is 215 g/mol. The van der Waals surface area contributed by atoms with E-state index in [1.54, 1.807) is 0 Å². The van der Waals surface area contributed by atoms with Crippen LogP contribution >= 0.6 is 0 Å². The molecular formula is C9H13NO5. The van der Waals surface area contributed by atoms with Crippen LogP contribution in [0, 0.1) is 0 Å². The second-order valence-corrected chi connectivity index (χ2v) is 3.16. The predicted octanol–water partition coefficient (Wildman–Crippen LogP) is -0.364. The molecule has 0 bridgehead atoms. The first-order valence-corrected chi connectivity index (χ1v) is 4.57. The van der Waals surface area contributed by atoms with Gasteiger partial charge < -0.3 is 20.3 Å². The summed E-state index contributed by atoms with van der Waals surface area (Å²) in [6, 6.07) is -1.18.